The van der Waals surface area contributed by atoms with Crippen molar-refractivity contribution in [3.63, 3.8) is 0 Å². The van der Waals surface area contributed by atoms with E-state index in [2.05, 4.69) is 42.8 Å². The van der Waals surface area contributed by atoms with E-state index in [0.29, 0.717) is 11.1 Å². The molecule has 0 aliphatic rings. The minimum Gasteiger partial charge on any atom is -0.459 e. The summed E-state index contributed by atoms with van der Waals surface area (Å²) in [5.41, 5.74) is 3.20. The van der Waals surface area contributed by atoms with Gasteiger partial charge in [-0.15, -0.1) is 0 Å². The van der Waals surface area contributed by atoms with Gasteiger partial charge in [-0.3, -0.25) is 0 Å². The molecule has 1 aromatic heterocycles. The van der Waals surface area contributed by atoms with Crippen LogP contribution in [0, 0.1) is 11.3 Å². The van der Waals surface area contributed by atoms with E-state index in [1.54, 1.807) is 0 Å². The van der Waals surface area contributed by atoms with Crippen LogP contribution in [0.2, 0.25) is 0 Å². The SMILES string of the molecule is CC(C)(C)c1cc2c(Br)c(-c3ccccc3)cc(C#N)c2o1. The summed E-state index contributed by atoms with van der Waals surface area (Å²) in [5, 5.41) is 10.4. The molecule has 0 atom stereocenters. The second-order valence-corrected chi connectivity index (χ2v) is 7.16. The van der Waals surface area contributed by atoms with Gasteiger partial charge in [0, 0.05) is 15.3 Å². The summed E-state index contributed by atoms with van der Waals surface area (Å²) in [4.78, 5) is 0. The van der Waals surface area contributed by atoms with Gasteiger partial charge in [0.2, 0.25) is 0 Å². The fraction of sp³-hybridized carbons (Fsp3) is 0.211. The molecule has 0 spiro atoms. The number of rotatable bonds is 1. The van der Waals surface area contributed by atoms with Crippen LogP contribution in [-0.2, 0) is 5.41 Å². The lowest BCUT2D eigenvalue weighted by molar-refractivity contribution is 0.430. The van der Waals surface area contributed by atoms with Crippen LogP contribution in [0.4, 0.5) is 0 Å². The van der Waals surface area contributed by atoms with Crippen molar-refractivity contribution < 1.29 is 4.42 Å². The third kappa shape index (κ3) is 2.44. The summed E-state index contributed by atoms with van der Waals surface area (Å²) in [7, 11) is 0. The summed E-state index contributed by atoms with van der Waals surface area (Å²) in [6.45, 7) is 6.30. The number of nitriles is 1. The number of hydrogen-bond acceptors (Lipinski definition) is 2. The molecular formula is C19H16BrNO. The zero-order valence-electron chi connectivity index (χ0n) is 12.8. The van der Waals surface area contributed by atoms with Crippen LogP contribution in [0.1, 0.15) is 32.1 Å². The molecule has 0 unspecified atom stereocenters. The van der Waals surface area contributed by atoms with Gasteiger partial charge >= 0.3 is 0 Å². The molecule has 3 heteroatoms. The number of halogens is 1. The van der Waals surface area contributed by atoms with Crippen molar-refractivity contribution in [2.45, 2.75) is 26.2 Å². The molecule has 0 aliphatic heterocycles. The van der Waals surface area contributed by atoms with Crippen molar-refractivity contribution in [2.24, 2.45) is 0 Å². The highest BCUT2D eigenvalue weighted by Crippen LogP contribution is 2.40. The van der Waals surface area contributed by atoms with Gasteiger partial charge in [-0.1, -0.05) is 51.1 Å². The first kappa shape index (κ1) is 14.9. The van der Waals surface area contributed by atoms with Crippen LogP contribution in [-0.4, -0.2) is 0 Å². The molecule has 0 saturated carbocycles. The number of hydrogen-bond donors (Lipinski definition) is 0. The molecule has 0 saturated heterocycles. The van der Waals surface area contributed by atoms with E-state index in [9.17, 15) is 5.26 Å². The Labute approximate surface area is 138 Å². The maximum absolute atomic E-state index is 9.48. The van der Waals surface area contributed by atoms with E-state index in [0.717, 1.165) is 26.7 Å². The monoisotopic (exact) mass is 353 g/mol. The molecule has 0 amide bonds. The second kappa shape index (κ2) is 5.30. The highest BCUT2D eigenvalue weighted by atomic mass is 79.9. The van der Waals surface area contributed by atoms with Gasteiger partial charge < -0.3 is 4.42 Å². The molecular weight excluding hydrogens is 338 g/mol. The van der Waals surface area contributed by atoms with E-state index < -0.39 is 0 Å². The Morgan fingerprint density at radius 3 is 2.36 bits per heavy atom. The number of furan rings is 1. The lowest BCUT2D eigenvalue weighted by Gasteiger charge is -2.13. The van der Waals surface area contributed by atoms with Crippen LogP contribution in [0.5, 0.6) is 0 Å². The van der Waals surface area contributed by atoms with Crippen molar-refractivity contribution in [3.8, 4) is 17.2 Å². The van der Waals surface area contributed by atoms with E-state index in [1.807, 2.05) is 42.5 Å². The Morgan fingerprint density at radius 1 is 1.09 bits per heavy atom. The number of benzene rings is 2. The largest absolute Gasteiger partial charge is 0.459 e. The second-order valence-electron chi connectivity index (χ2n) is 6.37. The molecule has 0 bridgehead atoms. The Balaban J connectivity index is 2.34. The molecule has 3 rings (SSSR count). The third-order valence-corrected chi connectivity index (χ3v) is 4.54. The predicted molar refractivity (Wildman–Crippen MR) is 92.8 cm³/mol. The minimum absolute atomic E-state index is 0.0991. The van der Waals surface area contributed by atoms with E-state index in [1.165, 1.54) is 0 Å². The van der Waals surface area contributed by atoms with Crippen molar-refractivity contribution >= 4 is 26.9 Å². The summed E-state index contributed by atoms with van der Waals surface area (Å²) in [6, 6.07) is 16.2. The standard InChI is InChI=1S/C19H16BrNO/c1-19(2,3)16-10-15-17(20)14(12-7-5-4-6-8-12)9-13(11-21)18(15)22-16/h4-10H,1-3H3. The first-order valence-electron chi connectivity index (χ1n) is 7.14. The molecule has 110 valence electrons. The Morgan fingerprint density at radius 2 is 1.77 bits per heavy atom. The highest BCUT2D eigenvalue weighted by molar-refractivity contribution is 9.10. The van der Waals surface area contributed by atoms with Crippen molar-refractivity contribution in [1.82, 2.24) is 0 Å². The highest BCUT2D eigenvalue weighted by Gasteiger charge is 2.22. The number of fused-ring (bicyclic) bond motifs is 1. The van der Waals surface area contributed by atoms with Crippen LogP contribution >= 0.6 is 15.9 Å². The van der Waals surface area contributed by atoms with Gasteiger partial charge in [-0.2, -0.15) is 5.26 Å². The summed E-state index contributed by atoms with van der Waals surface area (Å²) in [6.07, 6.45) is 0. The predicted octanol–water partition coefficient (Wildman–Crippen LogP) is 6.03. The molecule has 0 radical (unpaired) electrons. The van der Waals surface area contributed by atoms with E-state index in [4.69, 9.17) is 4.42 Å². The molecule has 0 aliphatic carbocycles. The maximum Gasteiger partial charge on any atom is 0.153 e. The van der Waals surface area contributed by atoms with Crippen molar-refractivity contribution in [3.05, 3.63) is 58.3 Å². The molecule has 2 aromatic carbocycles. The fourth-order valence-corrected chi connectivity index (χ4v) is 3.09. The zero-order chi connectivity index (χ0) is 15.9. The van der Waals surface area contributed by atoms with Gasteiger partial charge in [0.25, 0.3) is 0 Å². The van der Waals surface area contributed by atoms with Gasteiger partial charge in [0.1, 0.15) is 11.8 Å². The molecule has 22 heavy (non-hydrogen) atoms. The quantitative estimate of drug-likeness (QED) is 0.535. The normalized spacial score (nSPS) is 11.6. The smallest absolute Gasteiger partial charge is 0.153 e. The molecule has 2 nitrogen and oxygen atoms in total. The van der Waals surface area contributed by atoms with Crippen molar-refractivity contribution in [1.29, 1.82) is 5.26 Å². The van der Waals surface area contributed by atoms with Gasteiger partial charge in [0.05, 0.1) is 5.56 Å². The first-order valence-corrected chi connectivity index (χ1v) is 7.93. The van der Waals surface area contributed by atoms with Gasteiger partial charge in [-0.25, -0.2) is 0 Å². The lowest BCUT2D eigenvalue weighted by atomic mass is 9.93. The average Bonchev–Trinajstić information content (AvgIpc) is 2.95. The minimum atomic E-state index is -0.0991. The van der Waals surface area contributed by atoms with E-state index >= 15 is 0 Å². The fourth-order valence-electron chi connectivity index (χ4n) is 2.45. The summed E-state index contributed by atoms with van der Waals surface area (Å²) in [5.74, 6) is 0.880. The van der Waals surface area contributed by atoms with E-state index in [-0.39, 0.29) is 5.41 Å². The lowest BCUT2D eigenvalue weighted by Crippen LogP contribution is -2.08. The van der Waals surface area contributed by atoms with Crippen LogP contribution in [0.25, 0.3) is 22.1 Å². The van der Waals surface area contributed by atoms with Gasteiger partial charge in [0.15, 0.2) is 5.58 Å². The number of nitrogens with zero attached hydrogens (tertiary/aromatic N) is 1. The molecule has 3 aromatic rings. The Bertz CT molecular complexity index is 880. The van der Waals surface area contributed by atoms with Crippen molar-refractivity contribution in [2.75, 3.05) is 0 Å². The van der Waals surface area contributed by atoms with Crippen LogP contribution in [0.15, 0.2) is 51.4 Å². The topological polar surface area (TPSA) is 36.9 Å². The maximum atomic E-state index is 9.48. The third-order valence-electron chi connectivity index (χ3n) is 3.68. The molecule has 0 fully saturated rings. The van der Waals surface area contributed by atoms with Gasteiger partial charge in [-0.05, 0) is 39.2 Å². The Kier molecular flexibility index (Phi) is 3.58. The molecule has 0 N–H and O–H groups in total. The molecule has 1 heterocycles. The first-order chi connectivity index (χ1) is 10.4. The Hall–Kier alpha value is -2.05. The summed E-state index contributed by atoms with van der Waals surface area (Å²) < 4.78 is 6.94. The van der Waals surface area contributed by atoms with Crippen LogP contribution in [0.3, 0.4) is 0 Å². The average molecular weight is 354 g/mol. The van der Waals surface area contributed by atoms with Crippen LogP contribution < -0.4 is 0 Å². The summed E-state index contributed by atoms with van der Waals surface area (Å²) >= 11 is 3.69. The zero-order valence-corrected chi connectivity index (χ0v) is 14.4.